The summed E-state index contributed by atoms with van der Waals surface area (Å²) in [5, 5.41) is 11.6. The molecule has 3 aromatic heterocycles. The summed E-state index contributed by atoms with van der Waals surface area (Å²) >= 11 is 0. The maximum atomic E-state index is 4.79. The molecule has 0 spiro atoms. The molecular weight excluding hydrogens is 386 g/mol. The van der Waals surface area contributed by atoms with Crippen molar-refractivity contribution in [1.82, 2.24) is 30.0 Å². The third-order valence-electron chi connectivity index (χ3n) is 5.56. The van der Waals surface area contributed by atoms with Crippen LogP contribution in [0.15, 0.2) is 61.2 Å². The van der Waals surface area contributed by atoms with Crippen molar-refractivity contribution in [2.24, 2.45) is 0 Å². The van der Waals surface area contributed by atoms with E-state index in [0.717, 1.165) is 60.7 Å². The van der Waals surface area contributed by atoms with E-state index in [-0.39, 0.29) is 0 Å². The summed E-state index contributed by atoms with van der Waals surface area (Å²) in [5.74, 6) is 0.575. The summed E-state index contributed by atoms with van der Waals surface area (Å²) in [6.45, 7) is 4.91. The molecule has 1 aromatic carbocycles. The SMILES string of the molecule is CCn1cc(-c2ccnc(Nc3ccc4c(c3)CCNCC4)n2)c(-c2cccnc2)n1. The first kappa shape index (κ1) is 19.4. The molecule has 1 aliphatic heterocycles. The minimum absolute atomic E-state index is 0.575. The van der Waals surface area contributed by atoms with Crippen molar-refractivity contribution < 1.29 is 0 Å². The van der Waals surface area contributed by atoms with Crippen LogP contribution in [0.5, 0.6) is 0 Å². The molecule has 0 aliphatic carbocycles. The Morgan fingerprint density at radius 3 is 2.81 bits per heavy atom. The molecule has 0 fully saturated rings. The van der Waals surface area contributed by atoms with Crippen LogP contribution in [0.3, 0.4) is 0 Å². The number of aromatic nitrogens is 5. The minimum atomic E-state index is 0.575. The lowest BCUT2D eigenvalue weighted by Gasteiger charge is -2.10. The molecule has 5 rings (SSSR count). The molecule has 7 heteroatoms. The summed E-state index contributed by atoms with van der Waals surface area (Å²) in [6.07, 6.45) is 9.52. The van der Waals surface area contributed by atoms with Crippen LogP contribution in [-0.2, 0) is 19.4 Å². The second-order valence-corrected chi connectivity index (χ2v) is 7.61. The van der Waals surface area contributed by atoms with Gasteiger partial charge in [-0.1, -0.05) is 6.07 Å². The van der Waals surface area contributed by atoms with Crippen LogP contribution in [0.25, 0.3) is 22.5 Å². The van der Waals surface area contributed by atoms with E-state index in [1.807, 2.05) is 35.3 Å². The standard InChI is InChI=1S/C24H25N7/c1-2-31-16-21(23(30-31)19-4-3-10-26-15-19)22-9-13-27-24(29-22)28-20-6-5-17-7-11-25-12-8-18(17)14-20/h3-6,9-10,13-16,25H,2,7-8,11-12H2,1H3,(H,27,28,29). The van der Waals surface area contributed by atoms with Crippen molar-refractivity contribution in [1.29, 1.82) is 0 Å². The summed E-state index contributed by atoms with van der Waals surface area (Å²) in [6, 6.07) is 12.4. The zero-order valence-electron chi connectivity index (χ0n) is 17.5. The molecule has 0 saturated heterocycles. The molecule has 7 nitrogen and oxygen atoms in total. The Balaban J connectivity index is 1.46. The highest BCUT2D eigenvalue weighted by atomic mass is 15.3. The van der Waals surface area contributed by atoms with Gasteiger partial charge in [0.05, 0.1) is 5.69 Å². The van der Waals surface area contributed by atoms with Crippen molar-refractivity contribution in [2.45, 2.75) is 26.3 Å². The predicted molar refractivity (Wildman–Crippen MR) is 122 cm³/mol. The average molecular weight is 412 g/mol. The molecule has 0 bridgehead atoms. The Hall–Kier alpha value is -3.58. The molecule has 0 amide bonds. The van der Waals surface area contributed by atoms with Crippen molar-refractivity contribution in [3.05, 3.63) is 72.3 Å². The highest BCUT2D eigenvalue weighted by Crippen LogP contribution is 2.30. The molecule has 1 aliphatic rings. The first-order valence-corrected chi connectivity index (χ1v) is 10.7. The second-order valence-electron chi connectivity index (χ2n) is 7.61. The van der Waals surface area contributed by atoms with E-state index in [2.05, 4.69) is 45.7 Å². The van der Waals surface area contributed by atoms with Crippen molar-refractivity contribution in [3.8, 4) is 22.5 Å². The summed E-state index contributed by atoms with van der Waals surface area (Å²) in [5.41, 5.74) is 7.44. The molecule has 31 heavy (non-hydrogen) atoms. The number of fused-ring (bicyclic) bond motifs is 1. The van der Waals surface area contributed by atoms with Crippen LogP contribution in [0.4, 0.5) is 11.6 Å². The van der Waals surface area contributed by atoms with Crippen LogP contribution in [-0.4, -0.2) is 37.8 Å². The summed E-state index contributed by atoms with van der Waals surface area (Å²) in [7, 11) is 0. The fourth-order valence-corrected chi connectivity index (χ4v) is 3.94. The van der Waals surface area contributed by atoms with Gasteiger partial charge in [-0.3, -0.25) is 9.67 Å². The fourth-order valence-electron chi connectivity index (χ4n) is 3.94. The van der Waals surface area contributed by atoms with Crippen LogP contribution < -0.4 is 10.6 Å². The van der Waals surface area contributed by atoms with Gasteiger partial charge in [-0.2, -0.15) is 5.10 Å². The Bertz CT molecular complexity index is 1180. The largest absolute Gasteiger partial charge is 0.324 e. The second kappa shape index (κ2) is 8.65. The van der Waals surface area contributed by atoms with Crippen LogP contribution in [0.2, 0.25) is 0 Å². The Morgan fingerprint density at radius 2 is 1.97 bits per heavy atom. The van der Waals surface area contributed by atoms with Crippen LogP contribution in [0.1, 0.15) is 18.1 Å². The Kier molecular flexibility index (Phi) is 5.41. The van der Waals surface area contributed by atoms with Gasteiger partial charge in [0.15, 0.2) is 0 Å². The van der Waals surface area contributed by atoms with Crippen molar-refractivity contribution >= 4 is 11.6 Å². The fraction of sp³-hybridized carbons (Fsp3) is 0.250. The first-order valence-electron chi connectivity index (χ1n) is 10.7. The molecule has 0 radical (unpaired) electrons. The quantitative estimate of drug-likeness (QED) is 0.519. The van der Waals surface area contributed by atoms with Gasteiger partial charge >= 0.3 is 0 Å². The molecule has 0 atom stereocenters. The third kappa shape index (κ3) is 4.18. The van der Waals surface area contributed by atoms with Crippen LogP contribution >= 0.6 is 0 Å². The summed E-state index contributed by atoms with van der Waals surface area (Å²) < 4.78 is 1.92. The zero-order valence-corrected chi connectivity index (χ0v) is 17.5. The monoisotopic (exact) mass is 411 g/mol. The number of aryl methyl sites for hydroxylation is 1. The molecule has 4 heterocycles. The number of nitrogens with zero attached hydrogens (tertiary/aromatic N) is 5. The highest BCUT2D eigenvalue weighted by molar-refractivity contribution is 5.78. The van der Waals surface area contributed by atoms with E-state index in [1.54, 1.807) is 12.4 Å². The number of pyridine rings is 1. The van der Waals surface area contributed by atoms with E-state index in [1.165, 1.54) is 11.1 Å². The van der Waals surface area contributed by atoms with Gasteiger partial charge in [-0.05, 0) is 74.3 Å². The van der Waals surface area contributed by atoms with Gasteiger partial charge in [0.25, 0.3) is 0 Å². The summed E-state index contributed by atoms with van der Waals surface area (Å²) in [4.78, 5) is 13.5. The number of nitrogens with one attached hydrogen (secondary N) is 2. The average Bonchev–Trinajstić information content (AvgIpc) is 3.12. The van der Waals surface area contributed by atoms with E-state index >= 15 is 0 Å². The zero-order chi connectivity index (χ0) is 21.0. The van der Waals surface area contributed by atoms with Gasteiger partial charge in [0.1, 0.15) is 5.69 Å². The van der Waals surface area contributed by atoms with E-state index in [4.69, 9.17) is 10.1 Å². The molecule has 156 valence electrons. The molecule has 0 saturated carbocycles. The number of benzene rings is 1. The van der Waals surface area contributed by atoms with E-state index in [0.29, 0.717) is 5.95 Å². The number of rotatable bonds is 5. The van der Waals surface area contributed by atoms with Crippen molar-refractivity contribution in [3.63, 3.8) is 0 Å². The Morgan fingerprint density at radius 1 is 1.06 bits per heavy atom. The van der Waals surface area contributed by atoms with Crippen molar-refractivity contribution in [2.75, 3.05) is 18.4 Å². The van der Waals surface area contributed by atoms with E-state index < -0.39 is 0 Å². The molecule has 2 N–H and O–H groups in total. The van der Waals surface area contributed by atoms with Gasteiger partial charge in [-0.25, -0.2) is 9.97 Å². The highest BCUT2D eigenvalue weighted by Gasteiger charge is 2.15. The van der Waals surface area contributed by atoms with E-state index in [9.17, 15) is 0 Å². The van der Waals surface area contributed by atoms with Gasteiger partial charge in [0.2, 0.25) is 5.95 Å². The lowest BCUT2D eigenvalue weighted by molar-refractivity contribution is 0.662. The van der Waals surface area contributed by atoms with Gasteiger partial charge in [-0.15, -0.1) is 0 Å². The Labute approximate surface area is 181 Å². The molecular formula is C24H25N7. The van der Waals surface area contributed by atoms with Crippen LogP contribution in [0, 0.1) is 0 Å². The molecule has 0 unspecified atom stereocenters. The normalized spacial score (nSPS) is 13.5. The lowest BCUT2D eigenvalue weighted by atomic mass is 10.0. The van der Waals surface area contributed by atoms with Gasteiger partial charge < -0.3 is 10.6 Å². The minimum Gasteiger partial charge on any atom is -0.324 e. The molecule has 4 aromatic rings. The lowest BCUT2D eigenvalue weighted by Crippen LogP contribution is -2.16. The maximum absolute atomic E-state index is 4.79. The maximum Gasteiger partial charge on any atom is 0.227 e. The number of hydrogen-bond donors (Lipinski definition) is 2. The third-order valence-corrected chi connectivity index (χ3v) is 5.56. The number of anilines is 2. The van der Waals surface area contributed by atoms with Gasteiger partial charge in [0, 0.05) is 48.1 Å². The topological polar surface area (TPSA) is 80.5 Å². The predicted octanol–water partition coefficient (Wildman–Crippen LogP) is 3.85. The first-order chi connectivity index (χ1) is 15.3. The smallest absolute Gasteiger partial charge is 0.227 e. The number of hydrogen-bond acceptors (Lipinski definition) is 6.